The van der Waals surface area contributed by atoms with Crippen molar-refractivity contribution in [3.8, 4) is 11.5 Å². The first-order valence-electron chi connectivity index (χ1n) is 11.4. The van der Waals surface area contributed by atoms with Gasteiger partial charge < -0.3 is 34.8 Å². The molecule has 37 heavy (non-hydrogen) atoms. The number of carboxylic acids is 1. The van der Waals surface area contributed by atoms with Crippen molar-refractivity contribution in [3.05, 3.63) is 64.0 Å². The normalized spacial score (nSPS) is 11.3. The second kappa shape index (κ2) is 13.4. The second-order valence-corrected chi connectivity index (χ2v) is 8.17. The minimum Gasteiger partial charge on any atom is -0.542 e. The van der Waals surface area contributed by atoms with Crippen molar-refractivity contribution in [2.45, 2.75) is 25.4 Å². The minimum atomic E-state index is -5.19. The van der Waals surface area contributed by atoms with Crippen molar-refractivity contribution in [1.82, 2.24) is 0 Å². The van der Waals surface area contributed by atoms with E-state index >= 15 is 0 Å². The SMILES string of the molecule is CN(C)c1ccc(/C=C/c2oc3cc(OCCCCC[NH3+])ccc3c(=O)c2O)cc1.O=C([O-])C(F)(F)F. The molecule has 0 saturated carbocycles. The van der Waals surface area contributed by atoms with Gasteiger partial charge in [0.1, 0.15) is 17.3 Å². The van der Waals surface area contributed by atoms with E-state index in [4.69, 9.17) is 19.1 Å². The molecule has 0 atom stereocenters. The minimum absolute atomic E-state index is 0.122. The molecule has 0 amide bonds. The van der Waals surface area contributed by atoms with Gasteiger partial charge in [0.05, 0.1) is 18.5 Å². The predicted octanol–water partition coefficient (Wildman–Crippen LogP) is 2.82. The predicted molar refractivity (Wildman–Crippen MR) is 132 cm³/mol. The number of rotatable bonds is 9. The van der Waals surface area contributed by atoms with Gasteiger partial charge in [-0.25, -0.2) is 0 Å². The number of halogens is 3. The number of aliphatic carboxylic acids is 1. The number of aromatic hydroxyl groups is 1. The lowest BCUT2D eigenvalue weighted by molar-refractivity contribution is -0.368. The van der Waals surface area contributed by atoms with E-state index in [1.165, 1.54) is 0 Å². The highest BCUT2D eigenvalue weighted by Crippen LogP contribution is 2.26. The molecule has 4 N–H and O–H groups in total. The number of alkyl halides is 3. The molecule has 1 heterocycles. The van der Waals surface area contributed by atoms with Gasteiger partial charge >= 0.3 is 6.18 Å². The lowest BCUT2D eigenvalue weighted by Gasteiger charge is -2.11. The van der Waals surface area contributed by atoms with Crippen molar-refractivity contribution in [3.63, 3.8) is 0 Å². The fourth-order valence-electron chi connectivity index (χ4n) is 3.08. The van der Waals surface area contributed by atoms with Crippen LogP contribution in [0.1, 0.15) is 30.6 Å². The van der Waals surface area contributed by atoms with E-state index in [1.54, 1.807) is 30.4 Å². The molecule has 11 heteroatoms. The third-order valence-electron chi connectivity index (χ3n) is 5.10. The number of quaternary nitrogens is 1. The van der Waals surface area contributed by atoms with Crippen LogP contribution in [0.4, 0.5) is 18.9 Å². The average molecular weight is 523 g/mol. The Bertz CT molecular complexity index is 1270. The molecule has 0 radical (unpaired) electrons. The molecule has 3 aromatic rings. The summed E-state index contributed by atoms with van der Waals surface area (Å²) >= 11 is 0. The molecule has 0 spiro atoms. The van der Waals surface area contributed by atoms with Gasteiger partial charge in [-0.1, -0.05) is 18.2 Å². The van der Waals surface area contributed by atoms with Crippen molar-refractivity contribution in [2.24, 2.45) is 0 Å². The molecular weight excluding hydrogens is 493 g/mol. The summed E-state index contributed by atoms with van der Waals surface area (Å²) in [5.74, 6) is -2.64. The molecule has 0 aliphatic rings. The van der Waals surface area contributed by atoms with Gasteiger partial charge in [0.25, 0.3) is 0 Å². The van der Waals surface area contributed by atoms with E-state index in [0.717, 1.165) is 37.1 Å². The first-order valence-corrected chi connectivity index (χ1v) is 11.4. The summed E-state index contributed by atoms with van der Waals surface area (Å²) < 4.78 is 43.1. The van der Waals surface area contributed by atoms with Crippen LogP contribution >= 0.6 is 0 Å². The number of anilines is 1. The molecule has 0 saturated heterocycles. The number of ether oxygens (including phenoxy) is 1. The Hall–Kier alpha value is -3.99. The number of carbonyl (C=O) groups excluding carboxylic acids is 1. The molecule has 1 aromatic heterocycles. The van der Waals surface area contributed by atoms with Gasteiger partial charge in [0.2, 0.25) is 11.2 Å². The Labute approximate surface area is 211 Å². The van der Waals surface area contributed by atoms with Gasteiger partial charge in [0, 0.05) is 25.8 Å². The summed E-state index contributed by atoms with van der Waals surface area (Å²) in [6.45, 7) is 1.53. The van der Waals surface area contributed by atoms with E-state index in [0.29, 0.717) is 23.3 Å². The summed E-state index contributed by atoms with van der Waals surface area (Å²) in [6, 6.07) is 13.0. The molecule has 3 rings (SSSR count). The molecule has 0 bridgehead atoms. The molecule has 0 aliphatic heterocycles. The Morgan fingerprint density at radius 3 is 2.32 bits per heavy atom. The van der Waals surface area contributed by atoms with Crippen LogP contribution in [0.3, 0.4) is 0 Å². The summed E-state index contributed by atoms with van der Waals surface area (Å²) in [4.78, 5) is 23.3. The molecule has 0 fully saturated rings. The summed E-state index contributed by atoms with van der Waals surface area (Å²) in [5, 5.41) is 19.4. The summed E-state index contributed by atoms with van der Waals surface area (Å²) in [7, 11) is 3.96. The highest BCUT2D eigenvalue weighted by Gasteiger charge is 2.28. The average Bonchev–Trinajstić information content (AvgIpc) is 2.85. The largest absolute Gasteiger partial charge is 0.542 e. The van der Waals surface area contributed by atoms with Crippen LogP contribution in [0.5, 0.6) is 11.5 Å². The topological polar surface area (TPSA) is 131 Å². The highest BCUT2D eigenvalue weighted by molar-refractivity contribution is 5.82. The van der Waals surface area contributed by atoms with Gasteiger partial charge in [-0.05, 0) is 55.2 Å². The molecule has 200 valence electrons. The highest BCUT2D eigenvalue weighted by atomic mass is 19.4. The van der Waals surface area contributed by atoms with Crippen molar-refractivity contribution in [1.29, 1.82) is 0 Å². The summed E-state index contributed by atoms with van der Waals surface area (Å²) in [6.07, 6.45) is 1.32. The number of benzene rings is 2. The number of unbranched alkanes of at least 4 members (excludes halogenated alkanes) is 2. The lowest BCUT2D eigenvalue weighted by atomic mass is 10.1. The number of nitrogens with zero attached hydrogens (tertiary/aromatic N) is 1. The maximum absolute atomic E-state index is 12.5. The fraction of sp³-hybridized carbons (Fsp3) is 0.308. The Kier molecular flexibility index (Phi) is 10.6. The molecule has 0 aliphatic carbocycles. The maximum atomic E-state index is 12.5. The van der Waals surface area contributed by atoms with Gasteiger partial charge in [-0.2, -0.15) is 13.2 Å². The lowest BCUT2D eigenvalue weighted by Crippen LogP contribution is -2.50. The van der Waals surface area contributed by atoms with Crippen LogP contribution in [-0.2, 0) is 4.79 Å². The molecule has 2 aromatic carbocycles. The van der Waals surface area contributed by atoms with E-state index in [2.05, 4.69) is 5.73 Å². The third-order valence-corrected chi connectivity index (χ3v) is 5.10. The van der Waals surface area contributed by atoms with Crippen molar-refractivity contribution in [2.75, 3.05) is 32.1 Å². The van der Waals surface area contributed by atoms with Gasteiger partial charge in [-0.3, -0.25) is 4.79 Å². The summed E-state index contributed by atoms with van der Waals surface area (Å²) in [5.41, 5.74) is 5.78. The Morgan fingerprint density at radius 2 is 1.76 bits per heavy atom. The number of hydrogen-bond donors (Lipinski definition) is 2. The smallest absolute Gasteiger partial charge is 0.430 e. The van der Waals surface area contributed by atoms with E-state index in [-0.39, 0.29) is 5.76 Å². The monoisotopic (exact) mass is 522 g/mol. The van der Waals surface area contributed by atoms with Crippen LogP contribution in [0.15, 0.2) is 51.7 Å². The van der Waals surface area contributed by atoms with Crippen LogP contribution in [0, 0.1) is 0 Å². The van der Waals surface area contributed by atoms with Crippen LogP contribution in [0.2, 0.25) is 0 Å². The maximum Gasteiger partial charge on any atom is 0.430 e. The number of carbonyl (C=O) groups is 1. The van der Waals surface area contributed by atoms with Crippen LogP contribution in [-0.4, -0.2) is 44.5 Å². The third kappa shape index (κ3) is 8.87. The molecule has 8 nitrogen and oxygen atoms in total. The van der Waals surface area contributed by atoms with Crippen LogP contribution in [0.25, 0.3) is 23.1 Å². The van der Waals surface area contributed by atoms with Crippen LogP contribution < -0.4 is 25.9 Å². The van der Waals surface area contributed by atoms with Gasteiger partial charge in [0.15, 0.2) is 5.76 Å². The van der Waals surface area contributed by atoms with Crippen molar-refractivity contribution >= 4 is 34.8 Å². The van der Waals surface area contributed by atoms with Gasteiger partial charge in [-0.15, -0.1) is 0 Å². The quantitative estimate of drug-likeness (QED) is 0.413. The Balaban J connectivity index is 0.000000604. The zero-order chi connectivity index (χ0) is 27.6. The number of hydrogen-bond acceptors (Lipinski definition) is 7. The molecule has 0 unspecified atom stereocenters. The zero-order valence-corrected chi connectivity index (χ0v) is 20.5. The number of carboxylic acid groups (broad SMARTS) is 1. The second-order valence-electron chi connectivity index (χ2n) is 8.17. The number of fused-ring (bicyclic) bond motifs is 1. The first-order chi connectivity index (χ1) is 17.4. The zero-order valence-electron chi connectivity index (χ0n) is 20.5. The van der Waals surface area contributed by atoms with E-state index in [9.17, 15) is 23.1 Å². The van der Waals surface area contributed by atoms with E-state index in [1.807, 2.05) is 43.3 Å². The van der Waals surface area contributed by atoms with E-state index < -0.39 is 23.3 Å². The first kappa shape index (κ1) is 29.2. The standard InChI is InChI=1S/C24H28N2O4.C2HF3O2/c1-26(2)18-9-6-17(7-10-18)8-13-21-24(28)23(27)20-12-11-19(16-22(20)30-21)29-15-5-3-4-14-25;3-2(4,5)1(6)7/h6-13,16,28H,3-5,14-15,25H2,1-2H3;(H,6,7)/b13-8+;. The molecular formula is C26H29F3N2O6. The fourth-order valence-corrected chi connectivity index (χ4v) is 3.08. The van der Waals surface area contributed by atoms with Crippen molar-refractivity contribution < 1.29 is 43.1 Å². The Morgan fingerprint density at radius 1 is 1.11 bits per heavy atom.